The van der Waals surface area contributed by atoms with Crippen LogP contribution in [0.3, 0.4) is 0 Å². The second-order valence-electron chi connectivity index (χ2n) is 12.8. The van der Waals surface area contributed by atoms with E-state index in [-0.39, 0.29) is 47.0 Å². The molecule has 1 aromatic heterocycles. The first-order valence-corrected chi connectivity index (χ1v) is 17.8. The molecule has 0 bridgehead atoms. The smallest absolute Gasteiger partial charge is 0.271 e. The molecule has 0 spiro atoms. The lowest BCUT2D eigenvalue weighted by molar-refractivity contribution is -0.130. The number of nitrogens with two attached hydrogens (primary N) is 1. The fourth-order valence-electron chi connectivity index (χ4n) is 6.71. The van der Waals surface area contributed by atoms with E-state index in [9.17, 15) is 22.8 Å². The third-order valence-corrected chi connectivity index (χ3v) is 11.5. The molecule has 48 heavy (non-hydrogen) atoms. The topological polar surface area (TPSA) is 170 Å². The normalized spacial score (nSPS) is 19.0. The third kappa shape index (κ3) is 7.67. The maximum atomic E-state index is 13.7. The van der Waals surface area contributed by atoms with Crippen molar-refractivity contribution in [3.8, 4) is 11.1 Å². The highest BCUT2D eigenvalue weighted by Crippen LogP contribution is 2.30. The van der Waals surface area contributed by atoms with Crippen LogP contribution in [0.5, 0.6) is 0 Å². The third-order valence-electron chi connectivity index (χ3n) is 9.64. The van der Waals surface area contributed by atoms with Gasteiger partial charge in [-0.2, -0.15) is 4.31 Å². The Morgan fingerprint density at radius 2 is 1.67 bits per heavy atom. The molecule has 6 N–H and O–H groups in total. The Labute approximate surface area is 286 Å². The van der Waals surface area contributed by atoms with Gasteiger partial charge in [0, 0.05) is 31.1 Å². The van der Waals surface area contributed by atoms with E-state index in [1.165, 1.54) is 0 Å². The van der Waals surface area contributed by atoms with Gasteiger partial charge in [-0.05, 0) is 110 Å². The highest BCUT2D eigenvalue weighted by molar-refractivity contribution is 7.89. The van der Waals surface area contributed by atoms with Gasteiger partial charge in [0.25, 0.3) is 5.56 Å². The lowest BCUT2D eigenvalue weighted by Crippen LogP contribution is -2.48. The van der Waals surface area contributed by atoms with Gasteiger partial charge in [0.2, 0.25) is 21.8 Å². The average Bonchev–Trinajstić information content (AvgIpc) is 3.76. The number of carbonyl (C=O) groups is 2. The van der Waals surface area contributed by atoms with E-state index in [0.29, 0.717) is 42.1 Å². The molecule has 0 unspecified atom stereocenters. The zero-order valence-corrected chi connectivity index (χ0v) is 28.6. The Morgan fingerprint density at radius 3 is 2.35 bits per heavy atom. The summed E-state index contributed by atoms with van der Waals surface area (Å²) in [6.45, 7) is 3.65. The number of rotatable bonds is 10. The van der Waals surface area contributed by atoms with Crippen LogP contribution in [0.1, 0.15) is 49.7 Å². The average molecular weight is 695 g/mol. The zero-order valence-electron chi connectivity index (χ0n) is 27.0. The molecule has 2 aliphatic rings. The van der Waals surface area contributed by atoms with Crippen molar-refractivity contribution in [2.75, 3.05) is 25.0 Å². The molecule has 2 amide bonds. The molecule has 1 aliphatic carbocycles. The Morgan fingerprint density at radius 1 is 0.958 bits per heavy atom. The molecule has 1 aliphatic heterocycles. The number of anilines is 1. The van der Waals surface area contributed by atoms with Gasteiger partial charge in [0.05, 0.1) is 15.8 Å². The summed E-state index contributed by atoms with van der Waals surface area (Å²) >= 11 is 0. The second kappa shape index (κ2) is 15.1. The number of benzene rings is 3. The van der Waals surface area contributed by atoms with Gasteiger partial charge in [0.15, 0.2) is 0 Å². The number of hydrogen-bond acceptors (Lipinski definition) is 6. The second-order valence-corrected chi connectivity index (χ2v) is 14.8. The van der Waals surface area contributed by atoms with Gasteiger partial charge >= 0.3 is 0 Å². The maximum Gasteiger partial charge on any atom is 0.271 e. The molecule has 1 saturated heterocycles. The Bertz CT molecular complexity index is 1930. The number of sulfonamides is 1. The molecule has 2 heterocycles. The van der Waals surface area contributed by atoms with Crippen molar-refractivity contribution < 1.29 is 18.0 Å². The number of H-pyrrole nitrogens is 2. The summed E-state index contributed by atoms with van der Waals surface area (Å²) in [4.78, 5) is 39.3. The van der Waals surface area contributed by atoms with Crippen LogP contribution < -0.4 is 21.9 Å². The van der Waals surface area contributed by atoms with Crippen molar-refractivity contribution in [1.82, 2.24) is 19.8 Å². The monoisotopic (exact) mass is 694 g/mol. The molecule has 11 nitrogen and oxygen atoms in total. The van der Waals surface area contributed by atoms with Gasteiger partial charge in [-0.1, -0.05) is 30.3 Å². The molecule has 2 fully saturated rings. The number of nitrogens with one attached hydrogen (secondary N) is 4. The van der Waals surface area contributed by atoms with Gasteiger partial charge in [-0.25, -0.2) is 8.42 Å². The van der Waals surface area contributed by atoms with Crippen LogP contribution in [0.4, 0.5) is 5.69 Å². The quantitative estimate of drug-likeness (QED) is 0.164. The highest BCUT2D eigenvalue weighted by atomic mass is 35.5. The minimum absolute atomic E-state index is 0. The first kappa shape index (κ1) is 35.3. The zero-order chi connectivity index (χ0) is 33.1. The van der Waals surface area contributed by atoms with Crippen molar-refractivity contribution >= 4 is 50.8 Å². The Balaban J connectivity index is 0.00000451. The minimum Gasteiger partial charge on any atom is -0.344 e. The number of amides is 2. The predicted molar refractivity (Wildman–Crippen MR) is 190 cm³/mol. The predicted octanol–water partition coefficient (Wildman–Crippen LogP) is 4.47. The van der Waals surface area contributed by atoms with Crippen molar-refractivity contribution in [3.05, 3.63) is 82.1 Å². The first-order valence-electron chi connectivity index (χ1n) is 16.3. The number of nitrogens with zero attached hydrogens (tertiary/aromatic N) is 1. The SMILES string of the molecule is Cc1ccc(S(=O)(=O)N2CCCC2)cc1-c1ccc(C[C@H](NC(=O)[C@H]2CC[C@H](CN)CC2)C(=O)Nc2ccc3c(=O)[nH][nH]c3c2)cc1.Cl. The number of fused-ring (bicyclic) bond motifs is 1. The van der Waals surface area contributed by atoms with Gasteiger partial charge in [-0.15, -0.1) is 12.4 Å². The summed E-state index contributed by atoms with van der Waals surface area (Å²) in [6.07, 6.45) is 5.25. The van der Waals surface area contributed by atoms with Crippen LogP contribution in [0.15, 0.2) is 70.4 Å². The molecule has 13 heteroatoms. The summed E-state index contributed by atoms with van der Waals surface area (Å²) in [5.41, 5.74) is 10.1. The summed E-state index contributed by atoms with van der Waals surface area (Å²) in [7, 11) is -3.56. The summed E-state index contributed by atoms with van der Waals surface area (Å²) in [6, 6.07) is 17.0. The van der Waals surface area contributed by atoms with Crippen LogP contribution >= 0.6 is 12.4 Å². The molecule has 4 aromatic rings. The molecule has 256 valence electrons. The Kier molecular flexibility index (Phi) is 11.1. The maximum absolute atomic E-state index is 13.7. The van der Waals surface area contributed by atoms with E-state index in [0.717, 1.165) is 60.8 Å². The summed E-state index contributed by atoms with van der Waals surface area (Å²) in [5, 5.41) is 11.7. The molecule has 1 atom stereocenters. The lowest BCUT2D eigenvalue weighted by atomic mass is 9.81. The van der Waals surface area contributed by atoms with Crippen LogP contribution in [-0.2, 0) is 26.0 Å². The number of aryl methyl sites for hydroxylation is 1. The molecule has 1 saturated carbocycles. The molecule has 0 radical (unpaired) electrons. The van der Waals surface area contributed by atoms with Crippen LogP contribution in [-0.4, -0.2) is 60.4 Å². The van der Waals surface area contributed by atoms with E-state index < -0.39 is 16.1 Å². The number of aromatic amines is 2. The number of hydrogen-bond donors (Lipinski definition) is 5. The minimum atomic E-state index is -3.56. The number of halogens is 1. The van der Waals surface area contributed by atoms with E-state index >= 15 is 0 Å². The van der Waals surface area contributed by atoms with Crippen LogP contribution in [0.2, 0.25) is 0 Å². The van der Waals surface area contributed by atoms with Gasteiger partial charge < -0.3 is 16.4 Å². The molecule has 6 rings (SSSR count). The number of aromatic nitrogens is 2. The van der Waals surface area contributed by atoms with Crippen molar-refractivity contribution in [2.24, 2.45) is 17.6 Å². The van der Waals surface area contributed by atoms with Gasteiger partial charge in [-0.3, -0.25) is 24.6 Å². The van der Waals surface area contributed by atoms with E-state index in [2.05, 4.69) is 20.8 Å². The highest BCUT2D eigenvalue weighted by Gasteiger charge is 2.30. The van der Waals surface area contributed by atoms with Crippen molar-refractivity contribution in [2.45, 2.75) is 62.8 Å². The van der Waals surface area contributed by atoms with E-state index in [1.807, 2.05) is 37.3 Å². The van der Waals surface area contributed by atoms with Crippen LogP contribution in [0.25, 0.3) is 22.0 Å². The fourth-order valence-corrected chi connectivity index (χ4v) is 8.25. The number of carbonyl (C=O) groups excluding carboxylic acids is 2. The van der Waals surface area contributed by atoms with Gasteiger partial charge in [0.1, 0.15) is 6.04 Å². The largest absolute Gasteiger partial charge is 0.344 e. The van der Waals surface area contributed by atoms with E-state index in [4.69, 9.17) is 5.73 Å². The van der Waals surface area contributed by atoms with E-state index in [1.54, 1.807) is 34.6 Å². The summed E-state index contributed by atoms with van der Waals surface area (Å²) in [5.74, 6) is -0.264. The molecular formula is C35H43ClN6O5S. The Hall–Kier alpha value is -3.97. The first-order chi connectivity index (χ1) is 22.6. The van der Waals surface area contributed by atoms with Crippen LogP contribution in [0, 0.1) is 18.8 Å². The summed E-state index contributed by atoms with van der Waals surface area (Å²) < 4.78 is 28.0. The molecular weight excluding hydrogens is 652 g/mol. The standard InChI is InChI=1S/C35H42N6O5S.ClH/c1-22-4-14-28(47(45,46)41-16-2-3-17-41)20-30(22)25-9-5-23(6-10-25)18-32(38-33(42)26-11-7-24(21-36)8-12-26)35(44)37-27-13-15-29-31(19-27)39-40-34(29)43;/h4-6,9-10,13-15,19-20,24,26,32H,2-3,7-8,11-12,16-18,21,36H2,1H3,(H,37,44)(H,38,42)(H2,39,40,43);1H/t24-,26-,32-;/m0./s1. The lowest BCUT2D eigenvalue weighted by Gasteiger charge is -2.28. The van der Waals surface area contributed by atoms with Crippen molar-refractivity contribution in [1.29, 1.82) is 0 Å². The van der Waals surface area contributed by atoms with Crippen molar-refractivity contribution in [3.63, 3.8) is 0 Å². The molecule has 3 aromatic carbocycles. The fraction of sp³-hybridized carbons (Fsp3) is 0.400.